The number of halogens is 1. The minimum atomic E-state index is 0.254. The maximum Gasteiger partial charge on any atom is 0.0406 e. The Labute approximate surface area is 95.8 Å². The van der Waals surface area contributed by atoms with Gasteiger partial charge in [0.1, 0.15) is 0 Å². The zero-order valence-electron chi connectivity index (χ0n) is 8.75. The highest BCUT2D eigenvalue weighted by atomic mass is 35.5. The van der Waals surface area contributed by atoms with E-state index in [1.165, 1.54) is 12.0 Å². The number of benzene rings is 1. The highest BCUT2D eigenvalue weighted by Gasteiger charge is 2.19. The molecule has 1 aliphatic heterocycles. The fourth-order valence-corrected chi connectivity index (χ4v) is 2.05. The van der Waals surface area contributed by atoms with Crippen molar-refractivity contribution in [3.05, 3.63) is 34.9 Å². The first-order chi connectivity index (χ1) is 7.24. The third-order valence-electron chi connectivity index (χ3n) is 2.92. The van der Waals surface area contributed by atoms with Crippen molar-refractivity contribution in [1.82, 2.24) is 5.32 Å². The van der Waals surface area contributed by atoms with Gasteiger partial charge in [-0.2, -0.15) is 0 Å². The molecule has 1 aromatic rings. The summed E-state index contributed by atoms with van der Waals surface area (Å²) >= 11 is 5.82. The van der Waals surface area contributed by atoms with Crippen LogP contribution in [0.1, 0.15) is 18.4 Å². The predicted molar refractivity (Wildman–Crippen MR) is 64.2 cm³/mol. The van der Waals surface area contributed by atoms with Crippen molar-refractivity contribution in [3.63, 3.8) is 0 Å². The highest BCUT2D eigenvalue weighted by molar-refractivity contribution is 6.30. The lowest BCUT2D eigenvalue weighted by atomic mass is 9.95. The van der Waals surface area contributed by atoms with E-state index in [0.29, 0.717) is 6.04 Å². The van der Waals surface area contributed by atoms with Gasteiger partial charge in [-0.15, -0.1) is 0 Å². The summed E-state index contributed by atoms with van der Waals surface area (Å²) in [6.45, 7) is 1.15. The molecule has 15 heavy (non-hydrogen) atoms. The Bertz CT molecular complexity index is 306. The molecule has 1 aromatic carbocycles. The average Bonchev–Trinajstić information content (AvgIpc) is 2.16. The average molecular weight is 225 g/mol. The lowest BCUT2D eigenvalue weighted by Crippen LogP contribution is -2.46. The van der Waals surface area contributed by atoms with Crippen LogP contribution in [0.15, 0.2) is 24.3 Å². The van der Waals surface area contributed by atoms with E-state index < -0.39 is 0 Å². The Morgan fingerprint density at radius 3 is 2.60 bits per heavy atom. The van der Waals surface area contributed by atoms with Crippen LogP contribution in [0.2, 0.25) is 5.02 Å². The fourth-order valence-electron chi connectivity index (χ4n) is 1.92. The van der Waals surface area contributed by atoms with Gasteiger partial charge >= 0.3 is 0 Å². The molecule has 0 radical (unpaired) electrons. The Hall–Kier alpha value is -0.570. The summed E-state index contributed by atoms with van der Waals surface area (Å²) in [5, 5.41) is 4.16. The maximum atomic E-state index is 6.08. The van der Waals surface area contributed by atoms with Gasteiger partial charge in [-0.3, -0.25) is 0 Å². The van der Waals surface area contributed by atoms with Gasteiger partial charge in [-0.25, -0.2) is 0 Å². The Balaban J connectivity index is 1.82. The van der Waals surface area contributed by atoms with Crippen molar-refractivity contribution < 1.29 is 0 Å². The number of hydrogen-bond acceptors (Lipinski definition) is 2. The van der Waals surface area contributed by atoms with Gasteiger partial charge < -0.3 is 11.1 Å². The minimum Gasteiger partial charge on any atom is -0.327 e. The molecular formula is C12H17ClN2. The van der Waals surface area contributed by atoms with Gasteiger partial charge in [0, 0.05) is 17.1 Å². The zero-order chi connectivity index (χ0) is 10.7. The first-order valence-electron chi connectivity index (χ1n) is 5.47. The first kappa shape index (κ1) is 10.9. The molecule has 0 amide bonds. The second kappa shape index (κ2) is 4.97. The highest BCUT2D eigenvalue weighted by Crippen LogP contribution is 2.14. The van der Waals surface area contributed by atoms with Crippen LogP contribution < -0.4 is 11.1 Å². The molecule has 0 aromatic heterocycles. The molecule has 1 aliphatic rings. The van der Waals surface area contributed by atoms with Crippen LogP contribution >= 0.6 is 11.6 Å². The van der Waals surface area contributed by atoms with Crippen LogP contribution in [0.4, 0.5) is 0 Å². The molecule has 1 heterocycles. The van der Waals surface area contributed by atoms with Crippen LogP contribution in [0, 0.1) is 0 Å². The second-order valence-electron chi connectivity index (χ2n) is 4.27. The van der Waals surface area contributed by atoms with Crippen molar-refractivity contribution >= 4 is 11.6 Å². The zero-order valence-corrected chi connectivity index (χ0v) is 9.50. The molecule has 3 heteroatoms. The smallest absolute Gasteiger partial charge is 0.0406 e. The van der Waals surface area contributed by atoms with E-state index >= 15 is 0 Å². The van der Waals surface area contributed by atoms with Crippen molar-refractivity contribution in [2.75, 3.05) is 6.54 Å². The summed E-state index contributed by atoms with van der Waals surface area (Å²) in [7, 11) is 0. The van der Waals surface area contributed by atoms with Gasteiger partial charge in [0.2, 0.25) is 0 Å². The molecule has 1 saturated heterocycles. The standard InChI is InChI=1S/C12H17ClN2/c13-10-3-1-9(2-4-10)7-11(14)8-12-5-6-15-12/h1-4,11-12,15H,5-8,14H2/t11-,12?/m0/s1. The van der Waals surface area contributed by atoms with E-state index in [0.717, 1.165) is 24.4 Å². The van der Waals surface area contributed by atoms with Gasteiger partial charge in [-0.1, -0.05) is 23.7 Å². The molecular weight excluding hydrogens is 208 g/mol. The lowest BCUT2D eigenvalue weighted by Gasteiger charge is -2.30. The van der Waals surface area contributed by atoms with Crippen LogP contribution in [-0.4, -0.2) is 18.6 Å². The van der Waals surface area contributed by atoms with Gasteiger partial charge in [0.15, 0.2) is 0 Å². The molecule has 2 atom stereocenters. The number of nitrogens with one attached hydrogen (secondary N) is 1. The lowest BCUT2D eigenvalue weighted by molar-refractivity contribution is 0.327. The largest absolute Gasteiger partial charge is 0.327 e. The number of rotatable bonds is 4. The molecule has 3 N–H and O–H groups in total. The summed E-state index contributed by atoms with van der Waals surface area (Å²) in [5.41, 5.74) is 7.35. The maximum absolute atomic E-state index is 6.08. The van der Waals surface area contributed by atoms with Crippen molar-refractivity contribution in [1.29, 1.82) is 0 Å². The van der Waals surface area contributed by atoms with Crippen molar-refractivity contribution in [2.45, 2.75) is 31.3 Å². The van der Waals surface area contributed by atoms with Crippen molar-refractivity contribution in [3.8, 4) is 0 Å². The van der Waals surface area contributed by atoms with Gasteiger partial charge in [0.25, 0.3) is 0 Å². The van der Waals surface area contributed by atoms with Crippen LogP contribution in [-0.2, 0) is 6.42 Å². The van der Waals surface area contributed by atoms with E-state index in [4.69, 9.17) is 17.3 Å². The molecule has 82 valence electrons. The Morgan fingerprint density at radius 2 is 2.07 bits per heavy atom. The Kier molecular flexibility index (Phi) is 3.62. The number of nitrogens with two attached hydrogens (primary N) is 1. The summed E-state index contributed by atoms with van der Waals surface area (Å²) in [6, 6.07) is 8.85. The topological polar surface area (TPSA) is 38.0 Å². The summed E-state index contributed by atoms with van der Waals surface area (Å²) in [4.78, 5) is 0. The van der Waals surface area contributed by atoms with E-state index in [1.54, 1.807) is 0 Å². The van der Waals surface area contributed by atoms with Gasteiger partial charge in [0.05, 0.1) is 0 Å². The van der Waals surface area contributed by atoms with E-state index in [-0.39, 0.29) is 6.04 Å². The summed E-state index contributed by atoms with van der Waals surface area (Å²) in [5.74, 6) is 0. The van der Waals surface area contributed by atoms with Crippen LogP contribution in [0.5, 0.6) is 0 Å². The molecule has 0 spiro atoms. The third-order valence-corrected chi connectivity index (χ3v) is 3.18. The van der Waals surface area contributed by atoms with E-state index in [2.05, 4.69) is 17.4 Å². The predicted octanol–water partition coefficient (Wildman–Crippen LogP) is 1.96. The molecule has 0 aliphatic carbocycles. The molecule has 1 fully saturated rings. The van der Waals surface area contributed by atoms with E-state index in [1.807, 2.05) is 12.1 Å². The quantitative estimate of drug-likeness (QED) is 0.821. The molecule has 1 unspecified atom stereocenters. The minimum absolute atomic E-state index is 0.254. The van der Waals surface area contributed by atoms with Gasteiger partial charge in [-0.05, 0) is 43.5 Å². The third kappa shape index (κ3) is 3.20. The molecule has 2 rings (SSSR count). The fraction of sp³-hybridized carbons (Fsp3) is 0.500. The van der Waals surface area contributed by atoms with Crippen LogP contribution in [0.3, 0.4) is 0 Å². The molecule has 2 nitrogen and oxygen atoms in total. The van der Waals surface area contributed by atoms with E-state index in [9.17, 15) is 0 Å². The summed E-state index contributed by atoms with van der Waals surface area (Å²) in [6.07, 6.45) is 3.28. The monoisotopic (exact) mass is 224 g/mol. The summed E-state index contributed by atoms with van der Waals surface area (Å²) < 4.78 is 0. The van der Waals surface area contributed by atoms with Crippen LogP contribution in [0.25, 0.3) is 0 Å². The Morgan fingerprint density at radius 1 is 1.40 bits per heavy atom. The SMILES string of the molecule is N[C@@H](Cc1ccc(Cl)cc1)CC1CCN1. The normalized spacial score (nSPS) is 22.1. The first-order valence-corrected chi connectivity index (χ1v) is 5.85. The number of hydrogen-bond donors (Lipinski definition) is 2. The molecule has 0 saturated carbocycles. The second-order valence-corrected chi connectivity index (χ2v) is 4.70. The molecule has 0 bridgehead atoms. The van der Waals surface area contributed by atoms with Crippen molar-refractivity contribution in [2.24, 2.45) is 5.73 Å².